The molecule has 0 amide bonds. The molecular formula is C13H20BrN3O2S. The lowest BCUT2D eigenvalue weighted by molar-refractivity contribution is 0.334. The second-order valence-electron chi connectivity index (χ2n) is 4.98. The van der Waals surface area contributed by atoms with E-state index in [1.54, 1.807) is 12.1 Å². The van der Waals surface area contributed by atoms with E-state index in [1.807, 2.05) is 0 Å². The molecule has 0 saturated carbocycles. The number of hydrogen-bond donors (Lipinski definition) is 2. The predicted molar refractivity (Wildman–Crippen MR) is 84.0 cm³/mol. The Morgan fingerprint density at radius 3 is 2.70 bits per heavy atom. The first-order valence-corrected chi connectivity index (χ1v) is 9.04. The highest BCUT2D eigenvalue weighted by Gasteiger charge is 2.17. The van der Waals surface area contributed by atoms with Gasteiger partial charge in [0.05, 0.1) is 5.69 Å². The topological polar surface area (TPSA) is 75.4 Å². The van der Waals surface area contributed by atoms with Crippen LogP contribution in [0.15, 0.2) is 27.6 Å². The van der Waals surface area contributed by atoms with Crippen LogP contribution in [-0.2, 0) is 10.0 Å². The fourth-order valence-electron chi connectivity index (χ4n) is 2.33. The molecule has 0 aromatic heterocycles. The number of nitrogen functional groups attached to an aromatic ring is 1. The molecule has 1 saturated heterocycles. The first-order valence-electron chi connectivity index (χ1n) is 6.76. The Morgan fingerprint density at radius 1 is 1.30 bits per heavy atom. The molecule has 0 bridgehead atoms. The van der Waals surface area contributed by atoms with Gasteiger partial charge in [0.2, 0.25) is 10.0 Å². The maximum absolute atomic E-state index is 12.2. The Kier molecular flexibility index (Phi) is 5.42. The lowest BCUT2D eigenvalue weighted by Gasteiger charge is -2.14. The molecule has 0 aliphatic carbocycles. The molecular weight excluding hydrogens is 342 g/mol. The van der Waals surface area contributed by atoms with Crippen LogP contribution in [0, 0.1) is 0 Å². The first-order chi connectivity index (χ1) is 9.49. The molecule has 7 heteroatoms. The molecule has 1 aromatic carbocycles. The summed E-state index contributed by atoms with van der Waals surface area (Å²) in [7, 11) is -3.53. The number of rotatable bonds is 6. The molecule has 1 heterocycles. The lowest BCUT2D eigenvalue weighted by atomic mass is 10.3. The van der Waals surface area contributed by atoms with Gasteiger partial charge < -0.3 is 10.6 Å². The predicted octanol–water partition coefficient (Wildman–Crippen LogP) is 1.80. The summed E-state index contributed by atoms with van der Waals surface area (Å²) in [5.74, 6) is 0. The third-order valence-corrected chi connectivity index (χ3v) is 5.42. The minimum atomic E-state index is -3.53. The molecule has 20 heavy (non-hydrogen) atoms. The fourth-order valence-corrected chi connectivity index (χ4v) is 4.08. The van der Waals surface area contributed by atoms with Gasteiger partial charge in [-0.05, 0) is 57.1 Å². The second-order valence-corrected chi connectivity index (χ2v) is 7.63. The Hall–Kier alpha value is -0.630. The van der Waals surface area contributed by atoms with Crippen molar-refractivity contribution in [2.75, 3.05) is 31.9 Å². The van der Waals surface area contributed by atoms with Crippen molar-refractivity contribution in [1.29, 1.82) is 0 Å². The Labute approximate surface area is 128 Å². The van der Waals surface area contributed by atoms with Crippen LogP contribution >= 0.6 is 15.9 Å². The van der Waals surface area contributed by atoms with E-state index in [1.165, 1.54) is 18.9 Å². The van der Waals surface area contributed by atoms with Gasteiger partial charge in [-0.2, -0.15) is 0 Å². The molecule has 1 fully saturated rings. The summed E-state index contributed by atoms with van der Waals surface area (Å²) in [6.07, 6.45) is 3.31. The summed E-state index contributed by atoms with van der Waals surface area (Å²) in [6, 6.07) is 4.84. The largest absolute Gasteiger partial charge is 0.398 e. The quantitative estimate of drug-likeness (QED) is 0.598. The van der Waals surface area contributed by atoms with Gasteiger partial charge in [0.1, 0.15) is 4.90 Å². The molecule has 5 nitrogen and oxygen atoms in total. The van der Waals surface area contributed by atoms with Gasteiger partial charge in [-0.1, -0.05) is 15.9 Å². The number of anilines is 1. The maximum Gasteiger partial charge on any atom is 0.242 e. The molecule has 1 aliphatic heterocycles. The number of nitrogens with one attached hydrogen (secondary N) is 1. The highest BCUT2D eigenvalue weighted by molar-refractivity contribution is 9.10. The van der Waals surface area contributed by atoms with E-state index in [4.69, 9.17) is 5.73 Å². The van der Waals surface area contributed by atoms with Crippen LogP contribution in [0.25, 0.3) is 0 Å². The van der Waals surface area contributed by atoms with Crippen LogP contribution in [0.4, 0.5) is 5.69 Å². The maximum atomic E-state index is 12.2. The summed E-state index contributed by atoms with van der Waals surface area (Å²) >= 11 is 3.26. The molecule has 3 N–H and O–H groups in total. The normalized spacial score (nSPS) is 16.6. The summed E-state index contributed by atoms with van der Waals surface area (Å²) in [6.45, 7) is 3.64. The minimum Gasteiger partial charge on any atom is -0.398 e. The SMILES string of the molecule is Nc1ccc(Br)cc1S(=O)(=O)NCCCN1CCCC1. The average molecular weight is 362 g/mol. The van der Waals surface area contributed by atoms with Gasteiger partial charge in [0.15, 0.2) is 0 Å². The van der Waals surface area contributed by atoms with E-state index in [9.17, 15) is 8.42 Å². The van der Waals surface area contributed by atoms with E-state index >= 15 is 0 Å². The minimum absolute atomic E-state index is 0.132. The van der Waals surface area contributed by atoms with Crippen molar-refractivity contribution in [3.05, 3.63) is 22.7 Å². The number of nitrogens with two attached hydrogens (primary N) is 1. The van der Waals surface area contributed by atoms with Gasteiger partial charge in [0.25, 0.3) is 0 Å². The van der Waals surface area contributed by atoms with Crippen molar-refractivity contribution >= 4 is 31.6 Å². The summed E-state index contributed by atoms with van der Waals surface area (Å²) in [4.78, 5) is 2.50. The summed E-state index contributed by atoms with van der Waals surface area (Å²) < 4.78 is 27.7. The Morgan fingerprint density at radius 2 is 2.00 bits per heavy atom. The molecule has 0 radical (unpaired) electrons. The summed E-state index contributed by atoms with van der Waals surface area (Å²) in [5.41, 5.74) is 6.00. The van der Waals surface area contributed by atoms with Crippen LogP contribution in [0.5, 0.6) is 0 Å². The van der Waals surface area contributed by atoms with Crippen molar-refractivity contribution in [3.8, 4) is 0 Å². The van der Waals surface area contributed by atoms with Crippen molar-refractivity contribution in [2.24, 2.45) is 0 Å². The zero-order valence-corrected chi connectivity index (χ0v) is 13.7. The molecule has 2 rings (SSSR count). The third kappa shape index (κ3) is 4.18. The number of nitrogens with zero attached hydrogens (tertiary/aromatic N) is 1. The third-order valence-electron chi connectivity index (χ3n) is 3.41. The van der Waals surface area contributed by atoms with Crippen molar-refractivity contribution in [2.45, 2.75) is 24.2 Å². The molecule has 0 unspecified atom stereocenters. The van der Waals surface area contributed by atoms with E-state index in [-0.39, 0.29) is 10.6 Å². The van der Waals surface area contributed by atoms with Gasteiger partial charge in [-0.3, -0.25) is 0 Å². The standard InChI is InChI=1S/C13H20BrN3O2S/c14-11-4-5-12(15)13(10-11)20(18,19)16-6-3-9-17-7-1-2-8-17/h4-5,10,16H,1-3,6-9,15H2. The van der Waals surface area contributed by atoms with Crippen LogP contribution in [0.1, 0.15) is 19.3 Å². The van der Waals surface area contributed by atoms with Crippen molar-refractivity contribution < 1.29 is 8.42 Å². The number of benzene rings is 1. The first kappa shape index (κ1) is 15.8. The van der Waals surface area contributed by atoms with E-state index in [2.05, 4.69) is 25.6 Å². The van der Waals surface area contributed by atoms with E-state index < -0.39 is 10.0 Å². The Balaban J connectivity index is 1.88. The number of sulfonamides is 1. The molecule has 112 valence electrons. The zero-order chi connectivity index (χ0) is 14.6. The smallest absolute Gasteiger partial charge is 0.242 e. The molecule has 0 atom stereocenters. The van der Waals surface area contributed by atoms with Gasteiger partial charge in [-0.15, -0.1) is 0 Å². The highest BCUT2D eigenvalue weighted by atomic mass is 79.9. The van der Waals surface area contributed by atoms with Crippen LogP contribution in [-0.4, -0.2) is 39.5 Å². The van der Waals surface area contributed by atoms with Gasteiger partial charge in [-0.25, -0.2) is 13.1 Å². The van der Waals surface area contributed by atoms with E-state index in [0.717, 1.165) is 26.1 Å². The lowest BCUT2D eigenvalue weighted by Crippen LogP contribution is -2.29. The second kappa shape index (κ2) is 6.89. The van der Waals surface area contributed by atoms with Gasteiger partial charge >= 0.3 is 0 Å². The van der Waals surface area contributed by atoms with Crippen molar-refractivity contribution in [3.63, 3.8) is 0 Å². The number of halogens is 1. The van der Waals surface area contributed by atoms with Crippen molar-refractivity contribution in [1.82, 2.24) is 9.62 Å². The average Bonchev–Trinajstić information content (AvgIpc) is 2.90. The summed E-state index contributed by atoms with van der Waals surface area (Å²) in [5, 5.41) is 0. The van der Waals surface area contributed by atoms with Crippen LogP contribution < -0.4 is 10.5 Å². The Bertz CT molecular complexity index is 557. The van der Waals surface area contributed by atoms with Crippen LogP contribution in [0.3, 0.4) is 0 Å². The highest BCUT2D eigenvalue weighted by Crippen LogP contribution is 2.22. The fraction of sp³-hybridized carbons (Fsp3) is 0.538. The molecule has 1 aliphatic rings. The van der Waals surface area contributed by atoms with Crippen LogP contribution in [0.2, 0.25) is 0 Å². The van der Waals surface area contributed by atoms with Gasteiger partial charge in [0, 0.05) is 11.0 Å². The monoisotopic (exact) mass is 361 g/mol. The van der Waals surface area contributed by atoms with E-state index in [0.29, 0.717) is 11.0 Å². The zero-order valence-electron chi connectivity index (χ0n) is 11.3. The number of likely N-dealkylation sites (tertiary alicyclic amines) is 1. The molecule has 1 aromatic rings. The number of hydrogen-bond acceptors (Lipinski definition) is 4. The molecule has 0 spiro atoms.